The lowest BCUT2D eigenvalue weighted by molar-refractivity contribution is -0.129. The molecule has 0 spiro atoms. The van der Waals surface area contributed by atoms with Gasteiger partial charge >= 0.3 is 0 Å². The molecule has 7 heteroatoms. The van der Waals surface area contributed by atoms with Crippen LogP contribution in [-0.2, 0) is 16.1 Å². The second-order valence-corrected chi connectivity index (χ2v) is 8.14. The van der Waals surface area contributed by atoms with Gasteiger partial charge in [0.2, 0.25) is 11.8 Å². The Bertz CT molecular complexity index is 1120. The highest BCUT2D eigenvalue weighted by atomic mass is 16.2. The minimum atomic E-state index is -0.387. The molecule has 0 saturated carbocycles. The topological polar surface area (TPSA) is 91.4 Å². The van der Waals surface area contributed by atoms with Crippen LogP contribution >= 0.6 is 0 Å². The van der Waals surface area contributed by atoms with Crippen LogP contribution in [0.15, 0.2) is 79.1 Å². The molecule has 4 rings (SSSR count). The maximum Gasteiger partial charge on any atom is 0.253 e. The van der Waals surface area contributed by atoms with Gasteiger partial charge in [-0.15, -0.1) is 0 Å². The van der Waals surface area contributed by atoms with Crippen molar-refractivity contribution in [2.24, 2.45) is 5.92 Å². The van der Waals surface area contributed by atoms with Gasteiger partial charge in [0, 0.05) is 37.6 Å². The van der Waals surface area contributed by atoms with Gasteiger partial charge in [-0.1, -0.05) is 42.5 Å². The van der Waals surface area contributed by atoms with Crippen molar-refractivity contribution in [1.29, 1.82) is 0 Å². The van der Waals surface area contributed by atoms with Crippen molar-refractivity contribution in [3.05, 3.63) is 95.8 Å². The summed E-state index contributed by atoms with van der Waals surface area (Å²) in [4.78, 5) is 43.1. The number of nitrogens with one attached hydrogen (secondary N) is 2. The van der Waals surface area contributed by atoms with Crippen LogP contribution in [0.3, 0.4) is 0 Å². The van der Waals surface area contributed by atoms with E-state index in [0.29, 0.717) is 24.3 Å². The van der Waals surface area contributed by atoms with E-state index in [2.05, 4.69) is 15.6 Å². The number of rotatable bonds is 7. The van der Waals surface area contributed by atoms with Crippen LogP contribution in [0.2, 0.25) is 0 Å². The highest BCUT2D eigenvalue weighted by Gasteiger charge is 2.37. The molecule has 2 atom stereocenters. The number of amides is 3. The van der Waals surface area contributed by atoms with Crippen molar-refractivity contribution in [2.45, 2.75) is 25.9 Å². The number of nitrogens with zero attached hydrogens (tertiary/aromatic N) is 2. The lowest BCUT2D eigenvalue weighted by Crippen LogP contribution is -2.30. The summed E-state index contributed by atoms with van der Waals surface area (Å²) < 4.78 is 0. The molecule has 1 aliphatic rings. The van der Waals surface area contributed by atoms with E-state index in [4.69, 9.17) is 0 Å². The molecule has 0 aliphatic carbocycles. The van der Waals surface area contributed by atoms with E-state index >= 15 is 0 Å². The smallest absolute Gasteiger partial charge is 0.253 e. The van der Waals surface area contributed by atoms with Crippen LogP contribution < -0.4 is 10.6 Å². The van der Waals surface area contributed by atoms with E-state index in [1.54, 1.807) is 35.4 Å². The fraction of sp³-hybridized carbons (Fsp3) is 0.231. The van der Waals surface area contributed by atoms with Gasteiger partial charge in [0.05, 0.1) is 17.5 Å². The second kappa shape index (κ2) is 10.1. The molecular formula is C26H26N4O3. The molecule has 33 heavy (non-hydrogen) atoms. The van der Waals surface area contributed by atoms with E-state index in [-0.39, 0.29) is 36.1 Å². The Hall–Kier alpha value is -4.00. The quantitative estimate of drug-likeness (QED) is 0.585. The van der Waals surface area contributed by atoms with E-state index in [1.807, 2.05) is 49.4 Å². The van der Waals surface area contributed by atoms with Crippen molar-refractivity contribution in [1.82, 2.24) is 15.2 Å². The van der Waals surface area contributed by atoms with E-state index in [0.717, 1.165) is 11.1 Å². The summed E-state index contributed by atoms with van der Waals surface area (Å²) in [7, 11) is 0. The number of pyridine rings is 1. The Morgan fingerprint density at radius 3 is 2.52 bits per heavy atom. The predicted octanol–water partition coefficient (Wildman–Crippen LogP) is 3.56. The normalized spacial score (nSPS) is 16.3. The molecule has 2 aromatic carbocycles. The molecular weight excluding hydrogens is 416 g/mol. The highest BCUT2D eigenvalue weighted by molar-refractivity contribution is 5.97. The van der Waals surface area contributed by atoms with Crippen molar-refractivity contribution in [3.8, 4) is 0 Å². The van der Waals surface area contributed by atoms with Gasteiger partial charge in [-0.2, -0.15) is 0 Å². The van der Waals surface area contributed by atoms with Crippen LogP contribution in [0.1, 0.15) is 40.9 Å². The number of benzene rings is 2. The average Bonchev–Trinajstić information content (AvgIpc) is 3.25. The van der Waals surface area contributed by atoms with Crippen LogP contribution in [0.4, 0.5) is 5.69 Å². The number of hydrogen-bond acceptors (Lipinski definition) is 4. The van der Waals surface area contributed by atoms with E-state index in [9.17, 15) is 14.4 Å². The molecule has 2 heterocycles. The minimum absolute atomic E-state index is 0.00814. The Morgan fingerprint density at radius 2 is 1.82 bits per heavy atom. The van der Waals surface area contributed by atoms with Gasteiger partial charge in [-0.05, 0) is 42.3 Å². The zero-order valence-corrected chi connectivity index (χ0v) is 18.4. The number of likely N-dealkylation sites (tertiary alicyclic amines) is 1. The minimum Gasteiger partial charge on any atom is -0.348 e. The second-order valence-electron chi connectivity index (χ2n) is 8.14. The summed E-state index contributed by atoms with van der Waals surface area (Å²) in [6.07, 6.45) is 3.34. The molecule has 3 amide bonds. The zero-order valence-electron chi connectivity index (χ0n) is 18.4. The first-order valence-corrected chi connectivity index (χ1v) is 10.9. The summed E-state index contributed by atoms with van der Waals surface area (Å²) in [5.74, 6) is -0.752. The van der Waals surface area contributed by atoms with Crippen molar-refractivity contribution < 1.29 is 14.4 Å². The van der Waals surface area contributed by atoms with Gasteiger partial charge in [0.15, 0.2) is 0 Å². The lowest BCUT2D eigenvalue weighted by atomic mass is 10.1. The summed E-state index contributed by atoms with van der Waals surface area (Å²) in [5, 5.41) is 5.75. The number of anilines is 1. The third-order valence-electron chi connectivity index (χ3n) is 5.88. The number of carbonyl (C=O) groups is 3. The Morgan fingerprint density at radius 1 is 1.06 bits per heavy atom. The zero-order chi connectivity index (χ0) is 23.2. The van der Waals surface area contributed by atoms with E-state index in [1.165, 1.54) is 6.20 Å². The Kier molecular flexibility index (Phi) is 6.78. The summed E-state index contributed by atoms with van der Waals surface area (Å²) in [6.45, 7) is 2.75. The van der Waals surface area contributed by atoms with Crippen molar-refractivity contribution >= 4 is 23.4 Å². The molecule has 1 aliphatic heterocycles. The third-order valence-corrected chi connectivity index (χ3v) is 5.88. The predicted molar refractivity (Wildman–Crippen MR) is 125 cm³/mol. The summed E-state index contributed by atoms with van der Waals surface area (Å²) in [5.41, 5.74) is 3.12. The first kappa shape index (κ1) is 22.2. The summed E-state index contributed by atoms with van der Waals surface area (Å²) >= 11 is 0. The monoisotopic (exact) mass is 442 g/mol. The van der Waals surface area contributed by atoms with Gasteiger partial charge in [-0.25, -0.2) is 0 Å². The largest absolute Gasteiger partial charge is 0.348 e. The maximum atomic E-state index is 12.8. The number of carbonyl (C=O) groups excluding carboxylic acids is 3. The standard InChI is InChI=1S/C26H26N4O3/c1-18(20-6-3-2-4-7-20)30-17-22(14-24(30)31)26(33)29-23-11-9-19(10-12-23)15-28-25(32)21-8-5-13-27-16-21/h2-13,16,18,22H,14-15,17H2,1H3,(H,28,32)(H,29,33). The molecule has 7 nitrogen and oxygen atoms in total. The van der Waals surface area contributed by atoms with Crippen LogP contribution in [-0.4, -0.2) is 34.2 Å². The van der Waals surface area contributed by atoms with Crippen molar-refractivity contribution in [3.63, 3.8) is 0 Å². The molecule has 1 saturated heterocycles. The molecule has 1 aromatic heterocycles. The van der Waals surface area contributed by atoms with Gasteiger partial charge in [-0.3, -0.25) is 19.4 Å². The molecule has 0 bridgehead atoms. The third kappa shape index (κ3) is 5.44. The van der Waals surface area contributed by atoms with Gasteiger partial charge < -0.3 is 15.5 Å². The fourth-order valence-electron chi connectivity index (χ4n) is 3.92. The highest BCUT2D eigenvalue weighted by Crippen LogP contribution is 2.29. The van der Waals surface area contributed by atoms with Crippen LogP contribution in [0, 0.1) is 5.92 Å². The maximum absolute atomic E-state index is 12.8. The molecule has 1 fully saturated rings. The molecule has 3 aromatic rings. The van der Waals surface area contributed by atoms with Crippen LogP contribution in [0.25, 0.3) is 0 Å². The molecule has 2 unspecified atom stereocenters. The average molecular weight is 443 g/mol. The van der Waals surface area contributed by atoms with Gasteiger partial charge in [0.1, 0.15) is 0 Å². The Labute approximate surface area is 192 Å². The van der Waals surface area contributed by atoms with E-state index < -0.39 is 0 Å². The first-order valence-electron chi connectivity index (χ1n) is 10.9. The number of hydrogen-bond donors (Lipinski definition) is 2. The van der Waals surface area contributed by atoms with Gasteiger partial charge in [0.25, 0.3) is 5.91 Å². The molecule has 168 valence electrons. The van der Waals surface area contributed by atoms with Crippen molar-refractivity contribution in [2.75, 3.05) is 11.9 Å². The fourth-order valence-corrected chi connectivity index (χ4v) is 3.92. The molecule has 0 radical (unpaired) electrons. The molecule has 2 N–H and O–H groups in total. The SMILES string of the molecule is CC(c1ccccc1)N1CC(C(=O)Nc2ccc(CNC(=O)c3cccnc3)cc2)CC1=O. The first-order chi connectivity index (χ1) is 16.0. The summed E-state index contributed by atoms with van der Waals surface area (Å²) in [6, 6.07) is 20.5. The number of aromatic nitrogens is 1. The lowest BCUT2D eigenvalue weighted by Gasteiger charge is -2.25. The Balaban J connectivity index is 1.30. The van der Waals surface area contributed by atoms with Crippen LogP contribution in [0.5, 0.6) is 0 Å².